The molecule has 0 radical (unpaired) electrons. The molecule has 1 aliphatic heterocycles. The number of nitrogens with one attached hydrogen (secondary N) is 1. The lowest BCUT2D eigenvalue weighted by atomic mass is 10.0. The summed E-state index contributed by atoms with van der Waals surface area (Å²) in [7, 11) is 0. The van der Waals surface area contributed by atoms with Gasteiger partial charge in [0.05, 0.1) is 18.4 Å². The second-order valence-corrected chi connectivity index (χ2v) is 4.62. The predicted molar refractivity (Wildman–Crippen MR) is 55.8 cm³/mol. The lowest BCUT2D eigenvalue weighted by Crippen LogP contribution is -2.34. The number of amides is 1. The summed E-state index contributed by atoms with van der Waals surface area (Å²) in [5.41, 5.74) is 0. The number of ether oxygens (including phenoxy) is 1. The summed E-state index contributed by atoms with van der Waals surface area (Å²) in [6.07, 6.45) is 2.61. The van der Waals surface area contributed by atoms with E-state index in [9.17, 15) is 9.59 Å². The molecule has 0 spiro atoms. The molecule has 90 valence electrons. The fourth-order valence-corrected chi connectivity index (χ4v) is 2.10. The number of carbonyl (C=O) groups excluding carboxylic acids is 1. The van der Waals surface area contributed by atoms with Gasteiger partial charge in [-0.1, -0.05) is 0 Å². The average Bonchev–Trinajstić information content (AvgIpc) is 3.07. The van der Waals surface area contributed by atoms with E-state index < -0.39 is 11.9 Å². The van der Waals surface area contributed by atoms with Gasteiger partial charge in [-0.2, -0.15) is 0 Å². The van der Waals surface area contributed by atoms with Crippen molar-refractivity contribution in [2.45, 2.75) is 19.3 Å². The van der Waals surface area contributed by atoms with Crippen molar-refractivity contribution in [3.8, 4) is 0 Å². The van der Waals surface area contributed by atoms with Crippen LogP contribution in [0.25, 0.3) is 0 Å². The molecule has 1 heterocycles. The predicted octanol–water partition coefficient (Wildman–Crippen LogP) is 0.250. The van der Waals surface area contributed by atoms with E-state index in [2.05, 4.69) is 5.32 Å². The Morgan fingerprint density at radius 3 is 2.75 bits per heavy atom. The molecular weight excluding hydrogens is 210 g/mol. The SMILES string of the molecule is O=C(O)[C@H]1C[C@H]1C(=O)NCC1CCCOC1. The quantitative estimate of drug-likeness (QED) is 0.722. The van der Waals surface area contributed by atoms with Crippen LogP contribution < -0.4 is 5.32 Å². The molecule has 2 fully saturated rings. The molecule has 3 atom stereocenters. The Labute approximate surface area is 94.2 Å². The summed E-state index contributed by atoms with van der Waals surface area (Å²) in [5, 5.41) is 11.5. The lowest BCUT2D eigenvalue weighted by molar-refractivity contribution is -0.140. The van der Waals surface area contributed by atoms with Crippen LogP contribution >= 0.6 is 0 Å². The van der Waals surface area contributed by atoms with Gasteiger partial charge in [0.25, 0.3) is 0 Å². The van der Waals surface area contributed by atoms with Crippen LogP contribution in [-0.4, -0.2) is 36.7 Å². The Kier molecular flexibility index (Phi) is 3.43. The van der Waals surface area contributed by atoms with Crippen molar-refractivity contribution in [3.05, 3.63) is 0 Å². The van der Waals surface area contributed by atoms with Gasteiger partial charge in [-0.15, -0.1) is 0 Å². The molecule has 2 rings (SSSR count). The third-order valence-electron chi connectivity index (χ3n) is 3.26. The molecule has 0 aromatic rings. The van der Waals surface area contributed by atoms with Crippen LogP contribution in [0.2, 0.25) is 0 Å². The maximum absolute atomic E-state index is 11.5. The van der Waals surface area contributed by atoms with Crippen molar-refractivity contribution in [2.75, 3.05) is 19.8 Å². The normalized spacial score (nSPS) is 33.1. The Bertz CT molecular complexity index is 286. The van der Waals surface area contributed by atoms with Crippen molar-refractivity contribution in [1.29, 1.82) is 0 Å². The molecule has 2 aliphatic rings. The van der Waals surface area contributed by atoms with Crippen LogP contribution in [0, 0.1) is 17.8 Å². The van der Waals surface area contributed by atoms with E-state index in [4.69, 9.17) is 9.84 Å². The van der Waals surface area contributed by atoms with Gasteiger partial charge in [-0.3, -0.25) is 9.59 Å². The highest BCUT2D eigenvalue weighted by atomic mass is 16.5. The van der Waals surface area contributed by atoms with E-state index >= 15 is 0 Å². The van der Waals surface area contributed by atoms with E-state index in [0.717, 1.165) is 19.4 Å². The largest absolute Gasteiger partial charge is 0.481 e. The molecule has 5 heteroatoms. The van der Waals surface area contributed by atoms with Gasteiger partial charge in [-0.05, 0) is 25.2 Å². The molecular formula is C11H17NO4. The average molecular weight is 227 g/mol. The standard InChI is InChI=1S/C11H17NO4/c13-10(8-4-9(8)11(14)15)12-5-7-2-1-3-16-6-7/h7-9H,1-6H2,(H,12,13)(H,14,15)/t7?,8-,9+/m1/s1. The molecule has 1 aliphatic carbocycles. The second-order valence-electron chi connectivity index (χ2n) is 4.62. The third-order valence-corrected chi connectivity index (χ3v) is 3.26. The van der Waals surface area contributed by atoms with Gasteiger partial charge < -0.3 is 15.2 Å². The van der Waals surface area contributed by atoms with Crippen LogP contribution in [0.15, 0.2) is 0 Å². The molecule has 5 nitrogen and oxygen atoms in total. The molecule has 1 unspecified atom stereocenters. The number of carbonyl (C=O) groups is 2. The summed E-state index contributed by atoms with van der Waals surface area (Å²) in [6, 6.07) is 0. The molecule has 16 heavy (non-hydrogen) atoms. The zero-order chi connectivity index (χ0) is 11.5. The van der Waals surface area contributed by atoms with Crippen LogP contribution in [0.4, 0.5) is 0 Å². The Hall–Kier alpha value is -1.10. The number of carboxylic acid groups (broad SMARTS) is 1. The molecule has 0 bridgehead atoms. The molecule has 2 N–H and O–H groups in total. The zero-order valence-corrected chi connectivity index (χ0v) is 9.15. The Morgan fingerprint density at radius 2 is 2.19 bits per heavy atom. The minimum atomic E-state index is -0.860. The lowest BCUT2D eigenvalue weighted by Gasteiger charge is -2.22. The van der Waals surface area contributed by atoms with Crippen LogP contribution in [0.5, 0.6) is 0 Å². The van der Waals surface area contributed by atoms with Crippen molar-refractivity contribution in [1.82, 2.24) is 5.32 Å². The fourth-order valence-electron chi connectivity index (χ4n) is 2.10. The van der Waals surface area contributed by atoms with Gasteiger partial charge >= 0.3 is 5.97 Å². The summed E-state index contributed by atoms with van der Waals surface area (Å²) in [5.74, 6) is -1.34. The van der Waals surface area contributed by atoms with Crippen molar-refractivity contribution in [3.63, 3.8) is 0 Å². The maximum atomic E-state index is 11.5. The molecule has 0 aromatic heterocycles. The van der Waals surface area contributed by atoms with Crippen molar-refractivity contribution in [2.24, 2.45) is 17.8 Å². The first kappa shape index (κ1) is 11.4. The van der Waals surface area contributed by atoms with Gasteiger partial charge in [0.1, 0.15) is 0 Å². The highest BCUT2D eigenvalue weighted by Gasteiger charge is 2.48. The smallest absolute Gasteiger partial charge is 0.307 e. The van der Waals surface area contributed by atoms with Gasteiger partial charge in [0.15, 0.2) is 0 Å². The minimum Gasteiger partial charge on any atom is -0.481 e. The monoisotopic (exact) mass is 227 g/mol. The molecule has 0 aromatic carbocycles. The van der Waals surface area contributed by atoms with E-state index in [1.54, 1.807) is 0 Å². The Balaban J connectivity index is 1.66. The zero-order valence-electron chi connectivity index (χ0n) is 9.15. The topological polar surface area (TPSA) is 75.6 Å². The van der Waals surface area contributed by atoms with E-state index in [0.29, 0.717) is 25.5 Å². The molecule has 1 saturated carbocycles. The summed E-state index contributed by atoms with van der Waals surface area (Å²) < 4.78 is 5.30. The Morgan fingerprint density at radius 1 is 1.38 bits per heavy atom. The van der Waals surface area contributed by atoms with Crippen LogP contribution in [0.1, 0.15) is 19.3 Å². The van der Waals surface area contributed by atoms with E-state index in [-0.39, 0.29) is 11.8 Å². The second kappa shape index (κ2) is 4.82. The number of aliphatic carboxylic acids is 1. The van der Waals surface area contributed by atoms with Crippen molar-refractivity contribution < 1.29 is 19.4 Å². The first-order chi connectivity index (χ1) is 7.68. The maximum Gasteiger partial charge on any atom is 0.307 e. The molecule has 1 saturated heterocycles. The summed E-state index contributed by atoms with van der Waals surface area (Å²) in [6.45, 7) is 2.13. The highest BCUT2D eigenvalue weighted by Crippen LogP contribution is 2.38. The van der Waals surface area contributed by atoms with Crippen LogP contribution in [-0.2, 0) is 14.3 Å². The van der Waals surface area contributed by atoms with Gasteiger partial charge in [0.2, 0.25) is 5.91 Å². The summed E-state index contributed by atoms with van der Waals surface area (Å²) in [4.78, 5) is 22.1. The van der Waals surface area contributed by atoms with Crippen LogP contribution in [0.3, 0.4) is 0 Å². The highest BCUT2D eigenvalue weighted by molar-refractivity contribution is 5.89. The third kappa shape index (κ3) is 2.72. The van der Waals surface area contributed by atoms with E-state index in [1.165, 1.54) is 0 Å². The number of carboxylic acids is 1. The van der Waals surface area contributed by atoms with E-state index in [1.807, 2.05) is 0 Å². The fraction of sp³-hybridized carbons (Fsp3) is 0.818. The summed E-state index contributed by atoms with van der Waals surface area (Å²) >= 11 is 0. The number of hydrogen-bond donors (Lipinski definition) is 2. The number of rotatable bonds is 4. The first-order valence-electron chi connectivity index (χ1n) is 5.76. The first-order valence-corrected chi connectivity index (χ1v) is 5.76. The van der Waals surface area contributed by atoms with Crippen molar-refractivity contribution >= 4 is 11.9 Å². The van der Waals surface area contributed by atoms with Gasteiger partial charge in [-0.25, -0.2) is 0 Å². The molecule has 1 amide bonds. The number of hydrogen-bond acceptors (Lipinski definition) is 3. The minimum absolute atomic E-state index is 0.113. The van der Waals surface area contributed by atoms with Gasteiger partial charge in [0, 0.05) is 13.2 Å².